The molecule has 0 bridgehead atoms. The molecule has 0 aliphatic carbocycles. The summed E-state index contributed by atoms with van der Waals surface area (Å²) in [4.78, 5) is 0. The minimum atomic E-state index is 0.0544. The molecule has 0 amide bonds. The van der Waals surface area contributed by atoms with Crippen molar-refractivity contribution >= 4 is 17.4 Å². The zero-order valence-electron chi connectivity index (χ0n) is 13.3. The van der Waals surface area contributed by atoms with Crippen LogP contribution in [0.1, 0.15) is 11.1 Å². The van der Waals surface area contributed by atoms with E-state index in [0.29, 0.717) is 11.4 Å². The molecule has 0 saturated heterocycles. The Morgan fingerprint density at radius 1 is 0.750 bits per heavy atom. The van der Waals surface area contributed by atoms with Gasteiger partial charge in [0.1, 0.15) is 0 Å². The molecule has 0 aromatic heterocycles. The summed E-state index contributed by atoms with van der Waals surface area (Å²) in [5.74, 6) is 0.0544. The van der Waals surface area contributed by atoms with Crippen LogP contribution in [0.4, 0.5) is 0 Å². The normalized spacial score (nSPS) is 13.0. The molecule has 0 spiro atoms. The van der Waals surface area contributed by atoms with Gasteiger partial charge in [0.15, 0.2) is 0 Å². The number of hydrazone groups is 1. The predicted molar refractivity (Wildman–Crippen MR) is 98.8 cm³/mol. The summed E-state index contributed by atoms with van der Waals surface area (Å²) in [5.41, 5.74) is 23.0. The third-order valence-corrected chi connectivity index (χ3v) is 3.18. The van der Waals surface area contributed by atoms with E-state index in [-0.39, 0.29) is 19.0 Å². The number of hydrogen-bond donors (Lipinski definition) is 4. The zero-order valence-corrected chi connectivity index (χ0v) is 13.3. The Hall–Kier alpha value is -3.03. The minimum absolute atomic E-state index is 0.0544. The summed E-state index contributed by atoms with van der Waals surface area (Å²) in [6.07, 6.45) is 0. The molecular formula is C17H21N7. The second-order valence-electron chi connectivity index (χ2n) is 4.84. The molecule has 7 N–H and O–H groups in total. The lowest BCUT2D eigenvalue weighted by molar-refractivity contribution is 0.975. The zero-order chi connectivity index (χ0) is 17.2. The van der Waals surface area contributed by atoms with E-state index in [4.69, 9.17) is 17.2 Å². The maximum absolute atomic E-state index is 5.78. The molecule has 0 aliphatic heterocycles. The molecule has 2 rings (SSSR count). The standard InChI is InChI=1S/C17H21N7/c18-11-15(13-7-3-1-4-8-13)21-23-17(20)24-22-16(12-19)14-9-5-2-6-10-14/h1-10H,11-12,18-19H2,(H3,20,23,24)/b21-15+,22-16+. The molecule has 2 aromatic carbocycles. The van der Waals surface area contributed by atoms with Gasteiger partial charge in [0, 0.05) is 13.1 Å². The van der Waals surface area contributed by atoms with Gasteiger partial charge in [-0.05, 0) is 11.1 Å². The summed E-state index contributed by atoms with van der Waals surface area (Å²) in [6.45, 7) is 0.522. The average molecular weight is 323 g/mol. The van der Waals surface area contributed by atoms with E-state index in [1.807, 2.05) is 60.7 Å². The number of nitrogens with zero attached hydrogens (tertiary/aromatic N) is 3. The van der Waals surface area contributed by atoms with Crippen LogP contribution in [0.15, 0.2) is 76.0 Å². The van der Waals surface area contributed by atoms with Crippen LogP contribution >= 0.6 is 0 Å². The highest BCUT2D eigenvalue weighted by molar-refractivity contribution is 6.03. The third kappa shape index (κ3) is 5.01. The Bertz CT molecular complexity index is 721. The van der Waals surface area contributed by atoms with Crippen LogP contribution in [0.3, 0.4) is 0 Å². The highest BCUT2D eigenvalue weighted by Gasteiger charge is 2.02. The topological polar surface area (TPSA) is 127 Å². The molecule has 0 heterocycles. The molecule has 0 aliphatic rings. The van der Waals surface area contributed by atoms with Crippen LogP contribution in [-0.2, 0) is 0 Å². The van der Waals surface area contributed by atoms with Crippen molar-refractivity contribution in [2.75, 3.05) is 13.1 Å². The first kappa shape index (κ1) is 17.3. The van der Waals surface area contributed by atoms with Crippen LogP contribution in [0.2, 0.25) is 0 Å². The van der Waals surface area contributed by atoms with E-state index < -0.39 is 0 Å². The van der Waals surface area contributed by atoms with Crippen LogP contribution in [0, 0.1) is 0 Å². The van der Waals surface area contributed by atoms with Crippen molar-refractivity contribution in [3.8, 4) is 0 Å². The van der Waals surface area contributed by atoms with Crippen molar-refractivity contribution in [1.82, 2.24) is 5.43 Å². The minimum Gasteiger partial charge on any atom is -0.367 e. The van der Waals surface area contributed by atoms with Gasteiger partial charge in [-0.15, -0.1) is 10.2 Å². The largest absolute Gasteiger partial charge is 0.367 e. The van der Waals surface area contributed by atoms with Gasteiger partial charge in [0.2, 0.25) is 5.96 Å². The Balaban J connectivity index is 2.10. The van der Waals surface area contributed by atoms with Crippen molar-refractivity contribution in [1.29, 1.82) is 0 Å². The smallest absolute Gasteiger partial charge is 0.234 e. The molecule has 0 atom stereocenters. The molecule has 124 valence electrons. The van der Waals surface area contributed by atoms with Gasteiger partial charge in [-0.2, -0.15) is 5.10 Å². The molecule has 7 heteroatoms. The lowest BCUT2D eigenvalue weighted by Gasteiger charge is -2.05. The Morgan fingerprint density at radius 3 is 1.75 bits per heavy atom. The number of benzene rings is 2. The SMILES string of the molecule is NC/C(=N\N=C(N)N/N=C(\CN)c1ccccc1)c1ccccc1. The molecular weight excluding hydrogens is 302 g/mol. The maximum Gasteiger partial charge on any atom is 0.234 e. The first-order valence-electron chi connectivity index (χ1n) is 7.48. The van der Waals surface area contributed by atoms with Crippen molar-refractivity contribution in [3.05, 3.63) is 71.8 Å². The molecule has 0 unspecified atom stereocenters. The Labute approximate surface area is 141 Å². The number of nitrogens with one attached hydrogen (secondary N) is 1. The molecule has 2 aromatic rings. The number of nitrogens with two attached hydrogens (primary N) is 3. The van der Waals surface area contributed by atoms with Crippen molar-refractivity contribution < 1.29 is 0 Å². The summed E-state index contributed by atoms with van der Waals surface area (Å²) in [5, 5.41) is 12.2. The highest BCUT2D eigenvalue weighted by atomic mass is 15.4. The van der Waals surface area contributed by atoms with Crippen LogP contribution in [-0.4, -0.2) is 30.5 Å². The number of guanidine groups is 1. The highest BCUT2D eigenvalue weighted by Crippen LogP contribution is 2.01. The summed E-state index contributed by atoms with van der Waals surface area (Å²) >= 11 is 0. The van der Waals surface area contributed by atoms with Crippen molar-refractivity contribution in [3.63, 3.8) is 0 Å². The fourth-order valence-electron chi connectivity index (χ4n) is 1.97. The fraction of sp³-hybridized carbons (Fsp3) is 0.118. The van der Waals surface area contributed by atoms with Gasteiger partial charge in [0.25, 0.3) is 0 Å². The first-order valence-corrected chi connectivity index (χ1v) is 7.48. The monoisotopic (exact) mass is 323 g/mol. The van der Waals surface area contributed by atoms with Gasteiger partial charge in [-0.1, -0.05) is 60.7 Å². The van der Waals surface area contributed by atoms with Gasteiger partial charge < -0.3 is 17.2 Å². The lowest BCUT2D eigenvalue weighted by Crippen LogP contribution is -2.30. The van der Waals surface area contributed by atoms with Crippen LogP contribution in [0.5, 0.6) is 0 Å². The van der Waals surface area contributed by atoms with E-state index in [1.54, 1.807) is 0 Å². The second-order valence-corrected chi connectivity index (χ2v) is 4.84. The van der Waals surface area contributed by atoms with Gasteiger partial charge in [-0.25, -0.2) is 5.43 Å². The van der Waals surface area contributed by atoms with E-state index in [0.717, 1.165) is 11.1 Å². The molecule has 0 fully saturated rings. The Kier molecular flexibility index (Phi) is 6.63. The van der Waals surface area contributed by atoms with E-state index in [2.05, 4.69) is 20.7 Å². The summed E-state index contributed by atoms with van der Waals surface area (Å²) in [6, 6.07) is 19.1. The molecule has 7 nitrogen and oxygen atoms in total. The van der Waals surface area contributed by atoms with E-state index >= 15 is 0 Å². The Morgan fingerprint density at radius 2 is 1.25 bits per heavy atom. The van der Waals surface area contributed by atoms with E-state index in [1.165, 1.54) is 0 Å². The van der Waals surface area contributed by atoms with Gasteiger partial charge in [0.05, 0.1) is 11.4 Å². The molecule has 0 saturated carbocycles. The molecule has 24 heavy (non-hydrogen) atoms. The average Bonchev–Trinajstić information content (AvgIpc) is 2.64. The predicted octanol–water partition coefficient (Wildman–Crippen LogP) is 0.617. The first-order chi connectivity index (χ1) is 11.7. The maximum atomic E-state index is 5.78. The van der Waals surface area contributed by atoms with Crippen LogP contribution < -0.4 is 22.6 Å². The summed E-state index contributed by atoms with van der Waals surface area (Å²) in [7, 11) is 0. The molecule has 0 radical (unpaired) electrons. The van der Waals surface area contributed by atoms with Crippen LogP contribution in [0.25, 0.3) is 0 Å². The second kappa shape index (κ2) is 9.19. The van der Waals surface area contributed by atoms with Gasteiger partial charge in [-0.3, -0.25) is 0 Å². The van der Waals surface area contributed by atoms with Gasteiger partial charge >= 0.3 is 0 Å². The van der Waals surface area contributed by atoms with Crippen molar-refractivity contribution in [2.24, 2.45) is 32.5 Å². The fourth-order valence-corrected chi connectivity index (χ4v) is 1.97. The van der Waals surface area contributed by atoms with Crippen molar-refractivity contribution in [2.45, 2.75) is 0 Å². The lowest BCUT2D eigenvalue weighted by atomic mass is 10.1. The quantitative estimate of drug-likeness (QED) is 0.353. The van der Waals surface area contributed by atoms with E-state index in [9.17, 15) is 0 Å². The number of hydrogen-bond acceptors (Lipinski definition) is 5. The number of rotatable bonds is 6. The summed E-state index contributed by atoms with van der Waals surface area (Å²) < 4.78 is 0. The third-order valence-electron chi connectivity index (χ3n) is 3.18.